The summed E-state index contributed by atoms with van der Waals surface area (Å²) in [5.74, 6) is 19.3. The molecule has 0 saturated heterocycles. The first-order valence-corrected chi connectivity index (χ1v) is 39.0. The summed E-state index contributed by atoms with van der Waals surface area (Å²) in [6.45, 7) is 18.8. The summed E-state index contributed by atoms with van der Waals surface area (Å²) in [6, 6.07) is 16.4. The number of terminal acetylenes is 1. The average molecular weight is 1180 g/mol. The third-order valence-corrected chi connectivity index (χ3v) is 17.9. The van der Waals surface area contributed by atoms with Crippen molar-refractivity contribution in [2.75, 3.05) is 33.0 Å². The zero-order chi connectivity index (χ0) is 61.1. The SMILES string of the molecule is C#Cc1cc(OCCCCCCCCCCCC)c(C#Cc2cc(OCCCCCCCCCCCC)c(C#Cc3ccc(C(=O)OCC[Si](C)(C)C)cc3)cc2OCCCCCCCCCCCC)cc1OCCCCCCCCCCCC. The van der Waals surface area contributed by atoms with Gasteiger partial charge in [-0.3, -0.25) is 0 Å². The standard InChI is InChI=1S/C78H122O6Si/c1-9-14-18-22-26-30-34-38-42-46-58-80-74-65-72(75(64-69(74)13-5)81-59-47-43-39-35-31-27-23-19-15-10-2)56-57-73-67-76(82-60-48-44-40-36-32-28-24-20-16-11-3)71(66-77(73)83-61-49-45-41-37-33-29-25-21-17-12-4)55-52-68-50-53-70(54-51-68)78(79)84-62-63-85(6,7)8/h5,50-51,53-54,64-67H,9-12,14-49,58-63H2,1-4,6-8H3. The number of rotatable bonds is 52. The second-order valence-electron chi connectivity index (χ2n) is 25.5. The molecule has 0 saturated carbocycles. The molecule has 474 valence electrons. The van der Waals surface area contributed by atoms with E-state index in [1.54, 1.807) is 0 Å². The van der Waals surface area contributed by atoms with E-state index in [-0.39, 0.29) is 5.97 Å². The van der Waals surface area contributed by atoms with Crippen LogP contribution in [-0.2, 0) is 4.74 Å². The molecular formula is C78H122O6Si. The quantitative estimate of drug-likeness (QED) is 0.0243. The summed E-state index contributed by atoms with van der Waals surface area (Å²) in [5.41, 5.74) is 4.23. The molecule has 0 heterocycles. The van der Waals surface area contributed by atoms with E-state index in [4.69, 9.17) is 30.1 Å². The van der Waals surface area contributed by atoms with E-state index >= 15 is 0 Å². The summed E-state index contributed by atoms with van der Waals surface area (Å²) in [5, 5.41) is 0. The third-order valence-electron chi connectivity index (χ3n) is 16.2. The fourth-order valence-electron chi connectivity index (χ4n) is 10.6. The first-order valence-electron chi connectivity index (χ1n) is 35.3. The highest BCUT2D eigenvalue weighted by molar-refractivity contribution is 6.76. The minimum atomic E-state index is -1.33. The largest absolute Gasteiger partial charge is 0.492 e. The molecule has 0 amide bonds. The van der Waals surface area contributed by atoms with E-state index in [1.807, 2.05) is 48.5 Å². The van der Waals surface area contributed by atoms with Crippen molar-refractivity contribution in [2.24, 2.45) is 0 Å². The van der Waals surface area contributed by atoms with E-state index in [1.165, 1.54) is 205 Å². The Balaban J connectivity index is 1.99. The maximum absolute atomic E-state index is 12.9. The van der Waals surface area contributed by atoms with Gasteiger partial charge in [0.05, 0.1) is 60.9 Å². The number of ether oxygens (including phenoxy) is 5. The van der Waals surface area contributed by atoms with Crippen LogP contribution >= 0.6 is 0 Å². The van der Waals surface area contributed by atoms with Crippen molar-refractivity contribution in [3.63, 3.8) is 0 Å². The number of carbonyl (C=O) groups excluding carboxylic acids is 1. The molecule has 0 aromatic heterocycles. The van der Waals surface area contributed by atoms with Crippen LogP contribution in [0.5, 0.6) is 23.0 Å². The van der Waals surface area contributed by atoms with E-state index < -0.39 is 8.07 Å². The van der Waals surface area contributed by atoms with Gasteiger partial charge >= 0.3 is 5.97 Å². The Morgan fingerprint density at radius 3 is 0.894 bits per heavy atom. The summed E-state index contributed by atoms with van der Waals surface area (Å²) in [6.07, 6.45) is 56.5. The summed E-state index contributed by atoms with van der Waals surface area (Å²) >= 11 is 0. The van der Waals surface area contributed by atoms with E-state index in [9.17, 15) is 4.79 Å². The molecule has 0 radical (unpaired) electrons. The summed E-state index contributed by atoms with van der Waals surface area (Å²) < 4.78 is 32.2. The Hall–Kier alpha value is -4.77. The van der Waals surface area contributed by atoms with Gasteiger partial charge in [-0.05, 0) is 56.0 Å². The van der Waals surface area contributed by atoms with Gasteiger partial charge in [0.1, 0.15) is 23.0 Å². The molecule has 0 fully saturated rings. The van der Waals surface area contributed by atoms with Gasteiger partial charge in [0.15, 0.2) is 0 Å². The molecule has 7 heteroatoms. The monoisotopic (exact) mass is 1180 g/mol. The molecule has 3 aromatic rings. The minimum absolute atomic E-state index is 0.297. The van der Waals surface area contributed by atoms with Crippen molar-refractivity contribution in [3.8, 4) is 59.0 Å². The van der Waals surface area contributed by atoms with Crippen LogP contribution in [0.4, 0.5) is 0 Å². The summed E-state index contributed by atoms with van der Waals surface area (Å²) in [7, 11) is -1.33. The smallest absolute Gasteiger partial charge is 0.338 e. The molecule has 3 rings (SSSR count). The number of unbranched alkanes of at least 4 members (excludes halogenated alkanes) is 36. The van der Waals surface area contributed by atoms with E-state index in [0.717, 1.165) is 79.7 Å². The highest BCUT2D eigenvalue weighted by atomic mass is 28.3. The first-order chi connectivity index (χ1) is 41.6. The Kier molecular flexibility index (Phi) is 44.0. The lowest BCUT2D eigenvalue weighted by atomic mass is 10.1. The fraction of sp³-hybridized carbons (Fsp3) is 0.679. The Morgan fingerprint density at radius 2 is 0.612 bits per heavy atom. The van der Waals surface area contributed by atoms with Gasteiger partial charge in [-0.1, -0.05) is 308 Å². The van der Waals surface area contributed by atoms with Gasteiger partial charge in [0, 0.05) is 37.9 Å². The molecule has 6 nitrogen and oxygen atoms in total. The first kappa shape index (κ1) is 74.5. The highest BCUT2D eigenvalue weighted by Crippen LogP contribution is 2.32. The zero-order valence-electron chi connectivity index (χ0n) is 55.7. The topological polar surface area (TPSA) is 63.2 Å². The summed E-state index contributed by atoms with van der Waals surface area (Å²) in [4.78, 5) is 12.9. The highest BCUT2D eigenvalue weighted by Gasteiger charge is 2.17. The molecule has 0 aliphatic heterocycles. The number of benzene rings is 3. The average Bonchev–Trinajstić information content (AvgIpc) is 3.50. The molecule has 3 aromatic carbocycles. The second kappa shape index (κ2) is 50.2. The van der Waals surface area contributed by atoms with Crippen LogP contribution in [0.15, 0.2) is 48.5 Å². The number of carbonyl (C=O) groups is 1. The van der Waals surface area contributed by atoms with Gasteiger partial charge in [0.25, 0.3) is 0 Å². The fourth-order valence-corrected chi connectivity index (χ4v) is 11.3. The molecule has 0 aliphatic rings. The normalized spacial score (nSPS) is 11.1. The van der Waals surface area contributed by atoms with Gasteiger partial charge in [-0.25, -0.2) is 4.79 Å². The maximum Gasteiger partial charge on any atom is 0.338 e. The van der Waals surface area contributed by atoms with Crippen LogP contribution in [0.25, 0.3) is 0 Å². The van der Waals surface area contributed by atoms with Crippen LogP contribution in [0.2, 0.25) is 25.7 Å². The second-order valence-corrected chi connectivity index (χ2v) is 31.1. The molecule has 0 spiro atoms. The van der Waals surface area contributed by atoms with Crippen LogP contribution in [0.1, 0.15) is 323 Å². The molecular weight excluding hydrogens is 1060 g/mol. The molecule has 85 heavy (non-hydrogen) atoms. The Bertz CT molecular complexity index is 2330. The van der Waals surface area contributed by atoms with E-state index in [0.29, 0.717) is 67.2 Å². The van der Waals surface area contributed by atoms with Crippen molar-refractivity contribution in [2.45, 2.75) is 310 Å². The Morgan fingerprint density at radius 1 is 0.353 bits per heavy atom. The van der Waals surface area contributed by atoms with Crippen molar-refractivity contribution in [3.05, 3.63) is 81.9 Å². The maximum atomic E-state index is 12.9. The molecule has 0 atom stereocenters. The lowest BCUT2D eigenvalue weighted by Crippen LogP contribution is -2.22. The van der Waals surface area contributed by atoms with Crippen molar-refractivity contribution in [1.29, 1.82) is 0 Å². The molecule has 0 bridgehead atoms. The predicted molar refractivity (Wildman–Crippen MR) is 367 cm³/mol. The van der Waals surface area contributed by atoms with E-state index in [2.05, 4.69) is 76.9 Å². The van der Waals surface area contributed by atoms with Gasteiger partial charge in [-0.15, -0.1) is 6.42 Å². The number of hydrogen-bond donors (Lipinski definition) is 0. The van der Waals surface area contributed by atoms with Crippen LogP contribution in [-0.4, -0.2) is 47.1 Å². The van der Waals surface area contributed by atoms with Crippen LogP contribution in [0.3, 0.4) is 0 Å². The minimum Gasteiger partial charge on any atom is -0.492 e. The number of hydrogen-bond acceptors (Lipinski definition) is 6. The lowest BCUT2D eigenvalue weighted by molar-refractivity contribution is 0.0525. The molecule has 0 unspecified atom stereocenters. The van der Waals surface area contributed by atoms with Crippen molar-refractivity contribution < 1.29 is 28.5 Å². The van der Waals surface area contributed by atoms with Crippen molar-refractivity contribution in [1.82, 2.24) is 0 Å². The van der Waals surface area contributed by atoms with Crippen LogP contribution in [0, 0.1) is 36.0 Å². The predicted octanol–water partition coefficient (Wildman–Crippen LogP) is 23.2. The third kappa shape index (κ3) is 37.5. The van der Waals surface area contributed by atoms with Crippen LogP contribution < -0.4 is 18.9 Å². The van der Waals surface area contributed by atoms with Gasteiger partial charge < -0.3 is 23.7 Å². The molecule has 0 aliphatic carbocycles. The Labute approximate surface area is 524 Å². The van der Waals surface area contributed by atoms with Crippen molar-refractivity contribution >= 4 is 14.0 Å². The number of esters is 1. The lowest BCUT2D eigenvalue weighted by Gasteiger charge is -2.15. The van der Waals surface area contributed by atoms with Gasteiger partial charge in [0.2, 0.25) is 0 Å². The zero-order valence-corrected chi connectivity index (χ0v) is 56.7. The molecule has 0 N–H and O–H groups in total. The van der Waals surface area contributed by atoms with Gasteiger partial charge in [-0.2, -0.15) is 0 Å².